The summed E-state index contributed by atoms with van der Waals surface area (Å²) < 4.78 is 6.26. The SMILES string of the molecule is Cc1cc(-c2nc3ccc([NH+]([O-])O)cc3n2OCC(=O)O)on1. The second kappa shape index (κ2) is 5.68. The zero-order chi connectivity index (χ0) is 16.6. The fourth-order valence-corrected chi connectivity index (χ4v) is 2.06. The van der Waals surface area contributed by atoms with E-state index in [2.05, 4.69) is 10.1 Å². The van der Waals surface area contributed by atoms with Gasteiger partial charge >= 0.3 is 5.97 Å². The first-order chi connectivity index (χ1) is 11.0. The summed E-state index contributed by atoms with van der Waals surface area (Å²) in [6.45, 7) is 1.10. The molecule has 120 valence electrons. The molecular formula is C13H12N4O6. The number of aryl methyl sites for hydroxylation is 1. The minimum Gasteiger partial charge on any atom is -0.595 e. The maximum absolute atomic E-state index is 11.1. The van der Waals surface area contributed by atoms with Gasteiger partial charge in [-0.2, -0.15) is 9.96 Å². The number of nitrogens with one attached hydrogen (secondary N) is 1. The highest BCUT2D eigenvalue weighted by molar-refractivity contribution is 5.81. The van der Waals surface area contributed by atoms with Gasteiger partial charge < -0.3 is 19.7 Å². The van der Waals surface area contributed by atoms with Crippen LogP contribution >= 0.6 is 0 Å². The lowest BCUT2D eigenvalue weighted by molar-refractivity contribution is -0.991. The van der Waals surface area contributed by atoms with Crippen molar-refractivity contribution in [2.45, 2.75) is 6.92 Å². The van der Waals surface area contributed by atoms with Crippen molar-refractivity contribution in [3.8, 4) is 11.6 Å². The number of imidazole rings is 1. The molecule has 0 amide bonds. The summed E-state index contributed by atoms with van der Waals surface area (Å²) in [6.07, 6.45) is 0. The van der Waals surface area contributed by atoms with Crippen LogP contribution < -0.4 is 10.1 Å². The Labute approximate surface area is 128 Å². The van der Waals surface area contributed by atoms with Crippen molar-refractivity contribution in [3.05, 3.63) is 35.2 Å². The fourth-order valence-electron chi connectivity index (χ4n) is 2.06. The number of quaternary nitrogens is 1. The quantitative estimate of drug-likeness (QED) is 0.555. The molecule has 1 unspecified atom stereocenters. The van der Waals surface area contributed by atoms with Gasteiger partial charge in [-0.3, -0.25) is 0 Å². The lowest BCUT2D eigenvalue weighted by atomic mass is 10.3. The zero-order valence-electron chi connectivity index (χ0n) is 11.9. The van der Waals surface area contributed by atoms with E-state index in [-0.39, 0.29) is 17.3 Å². The molecule has 0 spiro atoms. The molecule has 0 saturated carbocycles. The van der Waals surface area contributed by atoms with Gasteiger partial charge in [0, 0.05) is 18.2 Å². The molecule has 1 aromatic carbocycles. The van der Waals surface area contributed by atoms with Crippen molar-refractivity contribution in [2.75, 3.05) is 6.61 Å². The summed E-state index contributed by atoms with van der Waals surface area (Å²) in [6, 6.07) is 5.86. The zero-order valence-corrected chi connectivity index (χ0v) is 11.9. The van der Waals surface area contributed by atoms with Crippen LogP contribution in [0.2, 0.25) is 0 Å². The fraction of sp³-hybridized carbons (Fsp3) is 0.154. The van der Waals surface area contributed by atoms with E-state index in [1.54, 1.807) is 13.0 Å². The summed E-state index contributed by atoms with van der Waals surface area (Å²) in [7, 11) is 0. The molecule has 0 fully saturated rings. The third kappa shape index (κ3) is 2.85. The van der Waals surface area contributed by atoms with Crippen LogP contribution in [0.1, 0.15) is 5.69 Å². The molecule has 0 bridgehead atoms. The third-order valence-corrected chi connectivity index (χ3v) is 3.03. The molecule has 3 aromatic rings. The number of hydrogen-bond donors (Lipinski definition) is 3. The third-order valence-electron chi connectivity index (χ3n) is 3.03. The van der Waals surface area contributed by atoms with Gasteiger partial charge in [0.25, 0.3) is 0 Å². The molecule has 10 nitrogen and oxygen atoms in total. The van der Waals surface area contributed by atoms with Crippen molar-refractivity contribution >= 4 is 22.7 Å². The second-order valence-corrected chi connectivity index (χ2v) is 4.74. The van der Waals surface area contributed by atoms with E-state index >= 15 is 0 Å². The number of carboxylic acids is 1. The van der Waals surface area contributed by atoms with Crippen molar-refractivity contribution in [2.24, 2.45) is 0 Å². The predicted molar refractivity (Wildman–Crippen MR) is 74.8 cm³/mol. The van der Waals surface area contributed by atoms with Crippen LogP contribution in [0.5, 0.6) is 0 Å². The number of nitrogens with zero attached hydrogens (tertiary/aromatic N) is 3. The molecule has 0 aliphatic rings. The summed E-state index contributed by atoms with van der Waals surface area (Å²) >= 11 is 0. The standard InChI is InChI=1S/C13H12N4O6/c1-7-4-11(23-15-7)13-14-9-3-2-8(17(20)21)5-10(9)16(13)22-6-12(18)19/h2-5,17,20H,6H2,1H3,(H,18,19). The Morgan fingerprint density at radius 3 is 2.87 bits per heavy atom. The van der Waals surface area contributed by atoms with Crippen molar-refractivity contribution in [1.82, 2.24) is 14.9 Å². The van der Waals surface area contributed by atoms with Crippen LogP contribution in [0.3, 0.4) is 0 Å². The number of aromatic nitrogens is 3. The maximum atomic E-state index is 11.1. The van der Waals surface area contributed by atoms with Gasteiger partial charge in [0.05, 0.1) is 11.2 Å². The molecule has 3 rings (SSSR count). The minimum atomic E-state index is -1.18. The molecule has 0 radical (unpaired) electrons. The summed E-state index contributed by atoms with van der Waals surface area (Å²) in [5.41, 5.74) is 1.39. The van der Waals surface area contributed by atoms with E-state index in [0.717, 1.165) is 4.73 Å². The van der Waals surface area contributed by atoms with Crippen molar-refractivity contribution < 1.29 is 29.7 Å². The van der Waals surface area contributed by atoms with E-state index in [1.807, 2.05) is 0 Å². The van der Waals surface area contributed by atoms with Crippen LogP contribution in [-0.4, -0.2) is 37.8 Å². The smallest absolute Gasteiger partial charge is 0.344 e. The Kier molecular flexibility index (Phi) is 3.70. The molecular weight excluding hydrogens is 308 g/mol. The number of hydrogen-bond acceptors (Lipinski definition) is 7. The number of benzene rings is 1. The molecule has 1 atom stereocenters. The second-order valence-electron chi connectivity index (χ2n) is 4.74. The monoisotopic (exact) mass is 320 g/mol. The number of aliphatic carboxylic acids is 1. The van der Waals surface area contributed by atoms with Crippen LogP contribution in [-0.2, 0) is 4.79 Å². The van der Waals surface area contributed by atoms with E-state index in [1.165, 1.54) is 18.2 Å². The largest absolute Gasteiger partial charge is 0.595 e. The van der Waals surface area contributed by atoms with E-state index in [4.69, 9.17) is 19.7 Å². The van der Waals surface area contributed by atoms with Crippen LogP contribution in [0.4, 0.5) is 5.69 Å². The van der Waals surface area contributed by atoms with Gasteiger partial charge in [0.1, 0.15) is 5.52 Å². The lowest BCUT2D eigenvalue weighted by Gasteiger charge is -2.12. The van der Waals surface area contributed by atoms with E-state index in [9.17, 15) is 10.0 Å². The predicted octanol–water partition coefficient (Wildman–Crippen LogP) is -0.0837. The molecule has 10 heteroatoms. The Hall–Kier alpha value is -2.95. The topological polar surface area (TPSA) is 138 Å². The van der Waals surface area contributed by atoms with Gasteiger partial charge in [0.15, 0.2) is 5.69 Å². The van der Waals surface area contributed by atoms with Crippen LogP contribution in [0, 0.1) is 12.1 Å². The lowest BCUT2D eigenvalue weighted by Crippen LogP contribution is -2.99. The van der Waals surface area contributed by atoms with Gasteiger partial charge in [-0.25, -0.2) is 15.0 Å². The van der Waals surface area contributed by atoms with E-state index in [0.29, 0.717) is 16.7 Å². The van der Waals surface area contributed by atoms with Crippen LogP contribution in [0.15, 0.2) is 28.8 Å². The average molecular weight is 320 g/mol. The molecule has 0 aliphatic carbocycles. The Bertz CT molecular complexity index is 869. The summed E-state index contributed by atoms with van der Waals surface area (Å²) in [4.78, 5) is 20.3. The van der Waals surface area contributed by atoms with Gasteiger partial charge in [-0.15, -0.1) is 0 Å². The highest BCUT2D eigenvalue weighted by Gasteiger charge is 2.19. The first-order valence-corrected chi connectivity index (χ1v) is 6.50. The molecule has 2 heterocycles. The molecule has 0 aliphatic heterocycles. The number of fused-ring (bicyclic) bond motifs is 1. The van der Waals surface area contributed by atoms with E-state index < -0.39 is 17.8 Å². The van der Waals surface area contributed by atoms with Crippen molar-refractivity contribution in [1.29, 1.82) is 0 Å². The Morgan fingerprint density at radius 2 is 2.26 bits per heavy atom. The molecule has 0 saturated heterocycles. The van der Waals surface area contributed by atoms with Gasteiger partial charge in [0.2, 0.25) is 18.2 Å². The van der Waals surface area contributed by atoms with Gasteiger partial charge in [-0.1, -0.05) is 5.16 Å². The maximum Gasteiger partial charge on any atom is 0.344 e. The highest BCUT2D eigenvalue weighted by Crippen LogP contribution is 2.25. The Balaban J connectivity index is 2.17. The summed E-state index contributed by atoms with van der Waals surface area (Å²) in [5.74, 6) is -0.703. The van der Waals surface area contributed by atoms with Gasteiger partial charge in [-0.05, 0) is 13.0 Å². The molecule has 2 aromatic heterocycles. The normalized spacial score (nSPS) is 12.5. The molecule has 3 N–H and O–H groups in total. The molecule has 23 heavy (non-hydrogen) atoms. The Morgan fingerprint density at radius 1 is 1.48 bits per heavy atom. The summed E-state index contributed by atoms with van der Waals surface area (Å²) in [5, 5.41) is 31.6. The number of carboxylic acid groups (broad SMARTS) is 1. The minimum absolute atomic E-state index is 0.0258. The highest BCUT2D eigenvalue weighted by atomic mass is 16.8. The first kappa shape index (κ1) is 15.0. The number of carbonyl (C=O) groups is 1. The number of rotatable bonds is 5. The van der Waals surface area contributed by atoms with Crippen LogP contribution in [0.25, 0.3) is 22.6 Å². The first-order valence-electron chi connectivity index (χ1n) is 6.50. The van der Waals surface area contributed by atoms with Crippen molar-refractivity contribution in [3.63, 3.8) is 0 Å². The average Bonchev–Trinajstić information content (AvgIpc) is 3.07.